The van der Waals surface area contributed by atoms with Crippen molar-refractivity contribution in [2.24, 2.45) is 0 Å². The van der Waals surface area contributed by atoms with Crippen LogP contribution in [0, 0.1) is 0 Å². The lowest BCUT2D eigenvalue weighted by Crippen LogP contribution is -2.43. The van der Waals surface area contributed by atoms with Gasteiger partial charge in [-0.15, -0.1) is 0 Å². The van der Waals surface area contributed by atoms with Crippen LogP contribution in [-0.4, -0.2) is 44.7 Å². The summed E-state index contributed by atoms with van der Waals surface area (Å²) in [5.74, 6) is -0.418. The van der Waals surface area contributed by atoms with Crippen molar-refractivity contribution >= 4 is 11.8 Å². The molecule has 0 bridgehead atoms. The van der Waals surface area contributed by atoms with Crippen molar-refractivity contribution in [1.29, 1.82) is 0 Å². The van der Waals surface area contributed by atoms with Crippen LogP contribution < -0.4 is 15.4 Å². The van der Waals surface area contributed by atoms with Gasteiger partial charge >= 0.3 is 11.8 Å². The van der Waals surface area contributed by atoms with Gasteiger partial charge in [0.1, 0.15) is 5.75 Å². The molecule has 1 aliphatic heterocycles. The predicted molar refractivity (Wildman–Crippen MR) is 81.7 cm³/mol. The Balaban J connectivity index is 1.64. The molecule has 1 aromatic rings. The minimum Gasteiger partial charge on any atom is -0.497 e. The Bertz CT molecular complexity index is 495. The highest BCUT2D eigenvalue weighted by atomic mass is 16.5. The molecule has 0 spiro atoms. The lowest BCUT2D eigenvalue weighted by atomic mass is 10.1. The van der Waals surface area contributed by atoms with Crippen molar-refractivity contribution in [2.75, 3.05) is 26.8 Å². The van der Waals surface area contributed by atoms with Crippen LogP contribution in [0.25, 0.3) is 0 Å². The number of amides is 2. The van der Waals surface area contributed by atoms with E-state index < -0.39 is 11.8 Å². The molecule has 2 N–H and O–H groups in total. The number of rotatable bonds is 6. The number of carbonyl (C=O) groups excluding carboxylic acids is 2. The molecule has 1 aromatic carbocycles. The zero-order valence-corrected chi connectivity index (χ0v) is 12.8. The third-order valence-electron chi connectivity index (χ3n) is 3.58. The van der Waals surface area contributed by atoms with E-state index in [1.165, 1.54) is 0 Å². The number of methoxy groups -OCH3 is 1. The molecular formula is C16H22N2O4. The number of benzene rings is 1. The van der Waals surface area contributed by atoms with Gasteiger partial charge in [0.15, 0.2) is 0 Å². The van der Waals surface area contributed by atoms with Gasteiger partial charge in [-0.2, -0.15) is 0 Å². The lowest BCUT2D eigenvalue weighted by Gasteiger charge is -2.10. The first-order valence-electron chi connectivity index (χ1n) is 7.49. The maximum Gasteiger partial charge on any atom is 0.309 e. The van der Waals surface area contributed by atoms with Gasteiger partial charge in [-0.05, 0) is 37.0 Å². The third kappa shape index (κ3) is 5.04. The van der Waals surface area contributed by atoms with Crippen LogP contribution >= 0.6 is 0 Å². The zero-order chi connectivity index (χ0) is 15.8. The summed E-state index contributed by atoms with van der Waals surface area (Å²) in [6, 6.07) is 7.60. The van der Waals surface area contributed by atoms with E-state index in [0.717, 1.165) is 30.8 Å². The summed E-state index contributed by atoms with van der Waals surface area (Å²) >= 11 is 0. The molecule has 120 valence electrons. The highest BCUT2D eigenvalue weighted by molar-refractivity contribution is 6.35. The van der Waals surface area contributed by atoms with Gasteiger partial charge in [-0.25, -0.2) is 0 Å². The molecule has 0 saturated carbocycles. The highest BCUT2D eigenvalue weighted by Crippen LogP contribution is 2.11. The summed E-state index contributed by atoms with van der Waals surface area (Å²) < 4.78 is 10.5. The van der Waals surface area contributed by atoms with Crippen LogP contribution in [0.15, 0.2) is 24.3 Å². The van der Waals surface area contributed by atoms with Crippen LogP contribution in [0.5, 0.6) is 5.75 Å². The van der Waals surface area contributed by atoms with Crippen LogP contribution in [0.2, 0.25) is 0 Å². The topological polar surface area (TPSA) is 76.7 Å². The van der Waals surface area contributed by atoms with Crippen LogP contribution in [0.1, 0.15) is 18.4 Å². The standard InChI is InChI=1S/C16H22N2O4/c1-21-13-6-4-12(5-7-13)8-9-17-15(19)16(20)18-11-14-3-2-10-22-14/h4-7,14H,2-3,8-11H2,1H3,(H,17,19)(H,18,20)/t14-/m1/s1. The summed E-state index contributed by atoms with van der Waals surface area (Å²) in [6.45, 7) is 1.54. The molecule has 6 nitrogen and oxygen atoms in total. The van der Waals surface area contributed by atoms with Crippen LogP contribution in [0.3, 0.4) is 0 Å². The molecule has 0 radical (unpaired) electrons. The zero-order valence-electron chi connectivity index (χ0n) is 12.8. The van der Waals surface area contributed by atoms with Gasteiger partial charge in [-0.3, -0.25) is 9.59 Å². The molecule has 2 amide bonds. The molecule has 0 aromatic heterocycles. The van der Waals surface area contributed by atoms with E-state index in [1.807, 2.05) is 24.3 Å². The number of ether oxygens (including phenoxy) is 2. The lowest BCUT2D eigenvalue weighted by molar-refractivity contribution is -0.139. The monoisotopic (exact) mass is 306 g/mol. The predicted octanol–water partition coefficient (Wildman–Crippen LogP) is 0.649. The molecule has 2 rings (SSSR count). The fourth-order valence-corrected chi connectivity index (χ4v) is 2.28. The summed E-state index contributed by atoms with van der Waals surface area (Å²) in [5, 5.41) is 5.21. The molecule has 6 heteroatoms. The number of hydrogen-bond donors (Lipinski definition) is 2. The maximum atomic E-state index is 11.7. The van der Waals surface area contributed by atoms with E-state index in [-0.39, 0.29) is 6.10 Å². The number of hydrogen-bond acceptors (Lipinski definition) is 4. The van der Waals surface area contributed by atoms with Crippen molar-refractivity contribution < 1.29 is 19.1 Å². The Labute approximate surface area is 130 Å². The Morgan fingerprint density at radius 3 is 2.59 bits per heavy atom. The Kier molecular flexibility index (Phi) is 6.21. The molecule has 0 aliphatic carbocycles. The average molecular weight is 306 g/mol. The first kappa shape index (κ1) is 16.3. The fourth-order valence-electron chi connectivity index (χ4n) is 2.28. The summed E-state index contributed by atoms with van der Waals surface area (Å²) in [5.41, 5.74) is 1.07. The summed E-state index contributed by atoms with van der Waals surface area (Å²) in [4.78, 5) is 23.3. The molecule has 0 unspecified atom stereocenters. The second-order valence-electron chi connectivity index (χ2n) is 5.20. The molecule has 1 heterocycles. The molecule has 1 saturated heterocycles. The molecule has 1 fully saturated rings. The van der Waals surface area contributed by atoms with Crippen molar-refractivity contribution in [1.82, 2.24) is 10.6 Å². The summed E-state index contributed by atoms with van der Waals surface area (Å²) in [7, 11) is 1.62. The maximum absolute atomic E-state index is 11.7. The summed E-state index contributed by atoms with van der Waals surface area (Å²) in [6.07, 6.45) is 2.64. The molecule has 22 heavy (non-hydrogen) atoms. The second-order valence-corrected chi connectivity index (χ2v) is 5.20. The van der Waals surface area contributed by atoms with Crippen molar-refractivity contribution in [3.63, 3.8) is 0 Å². The first-order chi connectivity index (χ1) is 10.7. The minimum atomic E-state index is -0.606. The molecule has 1 aliphatic rings. The average Bonchev–Trinajstić information content (AvgIpc) is 3.06. The van der Waals surface area contributed by atoms with Gasteiger partial charge < -0.3 is 20.1 Å². The van der Waals surface area contributed by atoms with Crippen LogP contribution in [0.4, 0.5) is 0 Å². The van der Waals surface area contributed by atoms with Gasteiger partial charge in [0.05, 0.1) is 13.2 Å². The van der Waals surface area contributed by atoms with Crippen molar-refractivity contribution in [2.45, 2.75) is 25.4 Å². The first-order valence-corrected chi connectivity index (χ1v) is 7.49. The number of carbonyl (C=O) groups is 2. The van der Waals surface area contributed by atoms with E-state index in [0.29, 0.717) is 19.5 Å². The molecular weight excluding hydrogens is 284 g/mol. The minimum absolute atomic E-state index is 0.0380. The van der Waals surface area contributed by atoms with Gasteiger partial charge in [0.25, 0.3) is 0 Å². The van der Waals surface area contributed by atoms with Gasteiger partial charge in [0, 0.05) is 19.7 Å². The Morgan fingerprint density at radius 1 is 1.23 bits per heavy atom. The fraction of sp³-hybridized carbons (Fsp3) is 0.500. The van der Waals surface area contributed by atoms with E-state index in [9.17, 15) is 9.59 Å². The number of nitrogens with one attached hydrogen (secondary N) is 2. The second kappa shape index (κ2) is 8.38. The smallest absolute Gasteiger partial charge is 0.309 e. The van der Waals surface area contributed by atoms with Crippen LogP contribution in [-0.2, 0) is 20.7 Å². The van der Waals surface area contributed by atoms with Crippen molar-refractivity contribution in [3.05, 3.63) is 29.8 Å². The van der Waals surface area contributed by atoms with E-state index in [4.69, 9.17) is 9.47 Å². The Hall–Kier alpha value is -2.08. The van der Waals surface area contributed by atoms with Crippen molar-refractivity contribution in [3.8, 4) is 5.75 Å². The molecule has 1 atom stereocenters. The van der Waals surface area contributed by atoms with Gasteiger partial charge in [-0.1, -0.05) is 12.1 Å². The third-order valence-corrected chi connectivity index (χ3v) is 3.58. The van der Waals surface area contributed by atoms with E-state index >= 15 is 0 Å². The highest BCUT2D eigenvalue weighted by Gasteiger charge is 2.18. The normalized spacial score (nSPS) is 17.0. The van der Waals surface area contributed by atoms with Gasteiger partial charge in [0.2, 0.25) is 0 Å². The quantitative estimate of drug-likeness (QED) is 0.757. The SMILES string of the molecule is COc1ccc(CCNC(=O)C(=O)NC[C@H]2CCCO2)cc1. The van der Waals surface area contributed by atoms with E-state index in [1.54, 1.807) is 7.11 Å². The Morgan fingerprint density at radius 2 is 1.95 bits per heavy atom. The largest absolute Gasteiger partial charge is 0.497 e. The van der Waals surface area contributed by atoms with E-state index in [2.05, 4.69) is 10.6 Å².